The third kappa shape index (κ3) is 3.79. The summed E-state index contributed by atoms with van der Waals surface area (Å²) in [5.41, 5.74) is 7.78. The summed E-state index contributed by atoms with van der Waals surface area (Å²) < 4.78 is 13.3. The zero-order valence-electron chi connectivity index (χ0n) is 12.1. The van der Waals surface area contributed by atoms with Gasteiger partial charge in [0.2, 0.25) is 0 Å². The van der Waals surface area contributed by atoms with Crippen LogP contribution in [-0.4, -0.2) is 24.9 Å². The fraction of sp³-hybridized carbons (Fsp3) is 0.188. The number of amides is 1. The predicted octanol–water partition coefficient (Wildman–Crippen LogP) is 2.72. The highest BCUT2D eigenvalue weighted by Crippen LogP contribution is 2.20. The Bertz CT molecular complexity index is 656. The van der Waals surface area contributed by atoms with Crippen molar-refractivity contribution >= 4 is 17.3 Å². The third-order valence-corrected chi connectivity index (χ3v) is 3.01. The first-order valence-corrected chi connectivity index (χ1v) is 6.56. The van der Waals surface area contributed by atoms with Crippen LogP contribution in [0.3, 0.4) is 0 Å². The Morgan fingerprint density at radius 2 is 1.95 bits per heavy atom. The summed E-state index contributed by atoms with van der Waals surface area (Å²) >= 11 is 0. The average molecular weight is 287 g/mol. The van der Waals surface area contributed by atoms with Gasteiger partial charge in [-0.15, -0.1) is 0 Å². The maximum atomic E-state index is 13.3. The minimum absolute atomic E-state index is 0.134. The third-order valence-electron chi connectivity index (χ3n) is 3.01. The maximum Gasteiger partial charge on any atom is 0.257 e. The summed E-state index contributed by atoms with van der Waals surface area (Å²) in [7, 11) is 3.90. The molecule has 0 saturated heterocycles. The van der Waals surface area contributed by atoms with Gasteiger partial charge in [-0.25, -0.2) is 4.39 Å². The zero-order chi connectivity index (χ0) is 15.4. The van der Waals surface area contributed by atoms with E-state index >= 15 is 0 Å². The molecule has 0 fully saturated rings. The van der Waals surface area contributed by atoms with E-state index in [1.807, 2.05) is 43.3 Å². The Morgan fingerprint density at radius 3 is 2.67 bits per heavy atom. The molecular weight excluding hydrogens is 269 g/mol. The largest absolute Gasteiger partial charge is 0.398 e. The van der Waals surface area contributed by atoms with E-state index in [0.29, 0.717) is 12.2 Å². The summed E-state index contributed by atoms with van der Waals surface area (Å²) in [5, 5.41) is 2.79. The van der Waals surface area contributed by atoms with Gasteiger partial charge in [-0.3, -0.25) is 4.79 Å². The SMILES string of the molecule is CN(C)Cc1ccccc1NC(=O)c1cc(F)ccc1N. The highest BCUT2D eigenvalue weighted by molar-refractivity contribution is 6.08. The van der Waals surface area contributed by atoms with Gasteiger partial charge in [0.15, 0.2) is 0 Å². The van der Waals surface area contributed by atoms with Crippen molar-refractivity contribution in [2.45, 2.75) is 6.54 Å². The molecule has 0 spiro atoms. The lowest BCUT2D eigenvalue weighted by molar-refractivity contribution is 0.102. The Hall–Kier alpha value is -2.40. The number of hydrogen-bond acceptors (Lipinski definition) is 3. The second-order valence-corrected chi connectivity index (χ2v) is 5.08. The van der Waals surface area contributed by atoms with Crippen molar-refractivity contribution in [1.29, 1.82) is 0 Å². The summed E-state index contributed by atoms with van der Waals surface area (Å²) in [6, 6.07) is 11.2. The average Bonchev–Trinajstić information content (AvgIpc) is 2.43. The van der Waals surface area contributed by atoms with Gasteiger partial charge in [0.25, 0.3) is 5.91 Å². The molecule has 0 radical (unpaired) electrons. The van der Waals surface area contributed by atoms with Gasteiger partial charge < -0.3 is 16.0 Å². The molecule has 0 unspecified atom stereocenters. The van der Waals surface area contributed by atoms with Gasteiger partial charge in [-0.1, -0.05) is 18.2 Å². The number of para-hydroxylation sites is 1. The number of nitrogen functional groups attached to an aromatic ring is 1. The van der Waals surface area contributed by atoms with Crippen molar-refractivity contribution in [1.82, 2.24) is 4.90 Å². The van der Waals surface area contributed by atoms with Gasteiger partial charge in [0.1, 0.15) is 5.82 Å². The van der Waals surface area contributed by atoms with E-state index in [0.717, 1.165) is 11.6 Å². The summed E-state index contributed by atoms with van der Waals surface area (Å²) in [6.07, 6.45) is 0. The Balaban J connectivity index is 2.25. The molecular formula is C16H18FN3O. The lowest BCUT2D eigenvalue weighted by Crippen LogP contribution is -2.17. The van der Waals surface area contributed by atoms with Crippen molar-refractivity contribution in [3.05, 3.63) is 59.4 Å². The topological polar surface area (TPSA) is 58.4 Å². The number of hydrogen-bond donors (Lipinski definition) is 2. The van der Waals surface area contributed by atoms with Crippen LogP contribution < -0.4 is 11.1 Å². The van der Waals surface area contributed by atoms with Crippen molar-refractivity contribution in [2.24, 2.45) is 0 Å². The molecule has 1 amide bonds. The highest BCUT2D eigenvalue weighted by atomic mass is 19.1. The first-order chi connectivity index (χ1) is 9.97. The molecule has 4 nitrogen and oxygen atoms in total. The Morgan fingerprint density at radius 1 is 1.24 bits per heavy atom. The van der Waals surface area contributed by atoms with Gasteiger partial charge in [-0.2, -0.15) is 0 Å². The minimum atomic E-state index is -0.490. The molecule has 5 heteroatoms. The van der Waals surface area contributed by atoms with E-state index in [-0.39, 0.29) is 11.3 Å². The second-order valence-electron chi connectivity index (χ2n) is 5.08. The number of nitrogens with two attached hydrogens (primary N) is 1. The number of anilines is 2. The van der Waals surface area contributed by atoms with Gasteiger partial charge in [-0.05, 0) is 43.9 Å². The highest BCUT2D eigenvalue weighted by Gasteiger charge is 2.13. The molecule has 0 saturated carbocycles. The van der Waals surface area contributed by atoms with Crippen molar-refractivity contribution in [3.8, 4) is 0 Å². The first kappa shape index (κ1) is 15.0. The van der Waals surface area contributed by atoms with E-state index in [1.54, 1.807) is 0 Å². The van der Waals surface area contributed by atoms with E-state index in [4.69, 9.17) is 5.73 Å². The molecule has 0 aliphatic heterocycles. The summed E-state index contributed by atoms with van der Waals surface area (Å²) in [6.45, 7) is 0.690. The molecule has 0 bridgehead atoms. The van der Waals surface area contributed by atoms with Crippen LogP contribution in [0.15, 0.2) is 42.5 Å². The van der Waals surface area contributed by atoms with Crippen molar-refractivity contribution in [2.75, 3.05) is 25.1 Å². The van der Waals surface area contributed by atoms with E-state index in [2.05, 4.69) is 5.32 Å². The molecule has 0 aromatic heterocycles. The molecule has 0 atom stereocenters. The fourth-order valence-electron chi connectivity index (χ4n) is 2.04. The lowest BCUT2D eigenvalue weighted by atomic mass is 10.1. The maximum absolute atomic E-state index is 13.3. The Labute approximate surface area is 123 Å². The first-order valence-electron chi connectivity index (χ1n) is 6.56. The number of nitrogens with one attached hydrogen (secondary N) is 1. The van der Waals surface area contributed by atoms with Crippen LogP contribution in [0.5, 0.6) is 0 Å². The fourth-order valence-corrected chi connectivity index (χ4v) is 2.04. The zero-order valence-corrected chi connectivity index (χ0v) is 12.1. The van der Waals surface area contributed by atoms with Crippen LogP contribution in [0.4, 0.5) is 15.8 Å². The number of carbonyl (C=O) groups is 1. The van der Waals surface area contributed by atoms with Gasteiger partial charge in [0, 0.05) is 17.9 Å². The standard InChI is InChI=1S/C16H18FN3O/c1-20(2)10-11-5-3-4-6-15(11)19-16(21)13-9-12(17)7-8-14(13)18/h3-9H,10,18H2,1-2H3,(H,19,21). The van der Waals surface area contributed by atoms with Gasteiger partial charge in [0.05, 0.1) is 5.56 Å². The van der Waals surface area contributed by atoms with Crippen molar-refractivity contribution in [3.63, 3.8) is 0 Å². The number of nitrogens with zero attached hydrogens (tertiary/aromatic N) is 1. The molecule has 2 aromatic rings. The molecule has 2 aromatic carbocycles. The number of benzene rings is 2. The number of rotatable bonds is 4. The molecule has 110 valence electrons. The van der Waals surface area contributed by atoms with E-state index in [1.165, 1.54) is 12.1 Å². The smallest absolute Gasteiger partial charge is 0.257 e. The minimum Gasteiger partial charge on any atom is -0.398 e. The van der Waals surface area contributed by atoms with Crippen LogP contribution in [0.1, 0.15) is 15.9 Å². The predicted molar refractivity (Wildman–Crippen MR) is 82.6 cm³/mol. The lowest BCUT2D eigenvalue weighted by Gasteiger charge is -2.15. The van der Waals surface area contributed by atoms with Gasteiger partial charge >= 0.3 is 0 Å². The molecule has 3 N–H and O–H groups in total. The van der Waals surface area contributed by atoms with Crippen LogP contribution in [-0.2, 0) is 6.54 Å². The molecule has 21 heavy (non-hydrogen) atoms. The van der Waals surface area contributed by atoms with E-state index in [9.17, 15) is 9.18 Å². The molecule has 0 heterocycles. The molecule has 0 aliphatic rings. The van der Waals surface area contributed by atoms with Crippen molar-refractivity contribution < 1.29 is 9.18 Å². The molecule has 0 aliphatic carbocycles. The Kier molecular flexibility index (Phi) is 4.55. The monoisotopic (exact) mass is 287 g/mol. The number of halogens is 1. The quantitative estimate of drug-likeness (QED) is 0.850. The second kappa shape index (κ2) is 6.37. The van der Waals surface area contributed by atoms with Crippen LogP contribution in [0.2, 0.25) is 0 Å². The number of carbonyl (C=O) groups excluding carboxylic acids is 1. The summed E-state index contributed by atoms with van der Waals surface area (Å²) in [4.78, 5) is 14.3. The normalized spacial score (nSPS) is 10.7. The van der Waals surface area contributed by atoms with E-state index < -0.39 is 11.7 Å². The van der Waals surface area contributed by atoms with Crippen LogP contribution in [0.25, 0.3) is 0 Å². The van der Waals surface area contributed by atoms with Crippen LogP contribution in [0, 0.1) is 5.82 Å². The van der Waals surface area contributed by atoms with Crippen LogP contribution >= 0.6 is 0 Å². The summed E-state index contributed by atoms with van der Waals surface area (Å²) in [5.74, 6) is -0.908. The molecule has 2 rings (SSSR count).